The van der Waals surface area contributed by atoms with Crippen molar-refractivity contribution in [2.45, 2.75) is 60.0 Å². The lowest BCUT2D eigenvalue weighted by Crippen LogP contribution is -2.47. The van der Waals surface area contributed by atoms with E-state index in [2.05, 4.69) is 5.32 Å². The SMILES string of the molecule is CCNC(=O)[C@H](C)N(Cc1cccc(C)c1)C(=O)CCCN(c1cc(C)cc(C)c1)S(C)(=O)=O. The molecule has 0 saturated carbocycles. The van der Waals surface area contributed by atoms with Crippen LogP contribution < -0.4 is 9.62 Å². The van der Waals surface area contributed by atoms with Crippen LogP contribution in [0.3, 0.4) is 0 Å². The molecular formula is C26H37N3O4S. The van der Waals surface area contributed by atoms with Gasteiger partial charge in [0.1, 0.15) is 6.04 Å². The third-order valence-electron chi connectivity index (χ3n) is 5.60. The lowest BCUT2D eigenvalue weighted by Gasteiger charge is -2.29. The van der Waals surface area contributed by atoms with Crippen molar-refractivity contribution >= 4 is 27.5 Å². The van der Waals surface area contributed by atoms with E-state index in [9.17, 15) is 18.0 Å². The molecule has 2 rings (SSSR count). The van der Waals surface area contributed by atoms with Crippen molar-refractivity contribution in [2.24, 2.45) is 0 Å². The molecule has 7 nitrogen and oxygen atoms in total. The van der Waals surface area contributed by atoms with Crippen molar-refractivity contribution in [3.8, 4) is 0 Å². The summed E-state index contributed by atoms with van der Waals surface area (Å²) in [6.07, 6.45) is 1.64. The van der Waals surface area contributed by atoms with Gasteiger partial charge in [-0.3, -0.25) is 13.9 Å². The van der Waals surface area contributed by atoms with E-state index in [1.807, 2.05) is 70.2 Å². The summed E-state index contributed by atoms with van der Waals surface area (Å²) in [5.41, 5.74) is 4.56. The quantitative estimate of drug-likeness (QED) is 0.523. The van der Waals surface area contributed by atoms with Gasteiger partial charge in [0, 0.05) is 26.1 Å². The summed E-state index contributed by atoms with van der Waals surface area (Å²) >= 11 is 0. The molecule has 0 bridgehead atoms. The third-order valence-corrected chi connectivity index (χ3v) is 6.79. The average Bonchev–Trinajstić information content (AvgIpc) is 2.73. The first-order chi connectivity index (χ1) is 15.9. The first-order valence-electron chi connectivity index (χ1n) is 11.6. The van der Waals surface area contributed by atoms with E-state index in [1.165, 1.54) is 10.6 Å². The molecule has 8 heteroatoms. The second-order valence-corrected chi connectivity index (χ2v) is 10.8. The van der Waals surface area contributed by atoms with E-state index in [0.29, 0.717) is 25.2 Å². The van der Waals surface area contributed by atoms with E-state index in [4.69, 9.17) is 0 Å². The molecule has 186 valence electrons. The molecule has 0 unspecified atom stereocenters. The maximum atomic E-state index is 13.2. The fraction of sp³-hybridized carbons (Fsp3) is 0.462. The number of anilines is 1. The van der Waals surface area contributed by atoms with Gasteiger partial charge in [0.15, 0.2) is 0 Å². The largest absolute Gasteiger partial charge is 0.355 e. The smallest absolute Gasteiger partial charge is 0.242 e. The zero-order chi connectivity index (χ0) is 25.5. The molecule has 34 heavy (non-hydrogen) atoms. The number of carbonyl (C=O) groups excluding carboxylic acids is 2. The summed E-state index contributed by atoms with van der Waals surface area (Å²) in [6.45, 7) is 10.4. The van der Waals surface area contributed by atoms with Gasteiger partial charge in [0.2, 0.25) is 21.8 Å². The first-order valence-corrected chi connectivity index (χ1v) is 13.5. The van der Waals surface area contributed by atoms with Crippen molar-refractivity contribution in [1.82, 2.24) is 10.2 Å². The van der Waals surface area contributed by atoms with Crippen molar-refractivity contribution < 1.29 is 18.0 Å². The second-order valence-electron chi connectivity index (χ2n) is 8.87. The van der Waals surface area contributed by atoms with Crippen molar-refractivity contribution in [3.63, 3.8) is 0 Å². The van der Waals surface area contributed by atoms with Crippen LogP contribution in [-0.4, -0.2) is 50.5 Å². The number of carbonyl (C=O) groups is 2. The second kappa shape index (κ2) is 12.0. The minimum atomic E-state index is -3.52. The Morgan fingerprint density at radius 3 is 2.21 bits per heavy atom. The topological polar surface area (TPSA) is 86.8 Å². The number of likely N-dealkylation sites (N-methyl/N-ethyl adjacent to an activating group) is 1. The van der Waals surface area contributed by atoms with Crippen LogP contribution >= 0.6 is 0 Å². The monoisotopic (exact) mass is 487 g/mol. The van der Waals surface area contributed by atoms with Gasteiger partial charge in [-0.25, -0.2) is 8.42 Å². The first kappa shape index (κ1) is 27.4. The van der Waals surface area contributed by atoms with Crippen molar-refractivity contribution in [2.75, 3.05) is 23.7 Å². The van der Waals surface area contributed by atoms with Crippen LogP contribution in [0.5, 0.6) is 0 Å². The number of hydrogen-bond donors (Lipinski definition) is 1. The standard InChI is InChI=1S/C26H37N3O4S/c1-7-27-26(31)22(5)28(18-23-11-8-10-19(2)15-23)25(30)12-9-13-29(34(6,32)33)24-16-20(3)14-21(4)17-24/h8,10-11,14-17,22H,7,9,12-13,18H2,1-6H3,(H,27,31)/t22-/m0/s1. The van der Waals surface area contributed by atoms with Gasteiger partial charge in [-0.2, -0.15) is 0 Å². The molecule has 1 atom stereocenters. The molecule has 0 fully saturated rings. The van der Waals surface area contributed by atoms with E-state index in [1.54, 1.807) is 11.8 Å². The van der Waals surface area contributed by atoms with E-state index >= 15 is 0 Å². The Labute approximate surface area is 204 Å². The Morgan fingerprint density at radius 2 is 1.65 bits per heavy atom. The maximum absolute atomic E-state index is 13.2. The van der Waals surface area contributed by atoms with Crippen molar-refractivity contribution in [1.29, 1.82) is 0 Å². The molecule has 0 aromatic heterocycles. The van der Waals surface area contributed by atoms with E-state index in [-0.39, 0.29) is 24.8 Å². The molecule has 1 N–H and O–H groups in total. The highest BCUT2D eigenvalue weighted by Crippen LogP contribution is 2.22. The van der Waals surface area contributed by atoms with Crippen molar-refractivity contribution in [3.05, 3.63) is 64.7 Å². The van der Waals surface area contributed by atoms with Crippen LogP contribution in [0, 0.1) is 20.8 Å². The summed E-state index contributed by atoms with van der Waals surface area (Å²) in [5, 5.41) is 2.78. The third kappa shape index (κ3) is 7.87. The van der Waals surface area contributed by atoms with Crippen LogP contribution in [0.4, 0.5) is 5.69 Å². The predicted molar refractivity (Wildman–Crippen MR) is 137 cm³/mol. The minimum absolute atomic E-state index is 0.131. The Kier molecular flexibility index (Phi) is 9.67. The van der Waals surface area contributed by atoms with Crippen LogP contribution in [0.2, 0.25) is 0 Å². The number of aryl methyl sites for hydroxylation is 3. The summed E-state index contributed by atoms with van der Waals surface area (Å²) in [5.74, 6) is -0.398. The highest BCUT2D eigenvalue weighted by molar-refractivity contribution is 7.92. The molecule has 0 heterocycles. The molecule has 0 radical (unpaired) electrons. The number of sulfonamides is 1. The van der Waals surface area contributed by atoms with Crippen LogP contribution in [0.1, 0.15) is 48.9 Å². The van der Waals surface area contributed by atoms with Gasteiger partial charge >= 0.3 is 0 Å². The molecule has 0 aliphatic rings. The molecule has 0 spiro atoms. The van der Waals surface area contributed by atoms with E-state index < -0.39 is 16.1 Å². The molecule has 0 aliphatic carbocycles. The average molecular weight is 488 g/mol. The molecule has 0 saturated heterocycles. The Morgan fingerprint density at radius 1 is 1.00 bits per heavy atom. The highest BCUT2D eigenvalue weighted by atomic mass is 32.2. The Bertz CT molecular complexity index is 1090. The normalized spacial score (nSPS) is 12.2. The van der Waals surface area contributed by atoms with Gasteiger partial charge < -0.3 is 10.2 Å². The number of benzene rings is 2. The predicted octanol–water partition coefficient (Wildman–Crippen LogP) is 3.71. The molecular weight excluding hydrogens is 450 g/mol. The van der Waals surface area contributed by atoms with Crippen LogP contribution in [-0.2, 0) is 26.2 Å². The molecule has 2 amide bonds. The zero-order valence-corrected chi connectivity index (χ0v) is 21.9. The minimum Gasteiger partial charge on any atom is -0.355 e. The van der Waals surface area contributed by atoms with Gasteiger partial charge in [-0.15, -0.1) is 0 Å². The zero-order valence-electron chi connectivity index (χ0n) is 21.1. The van der Waals surface area contributed by atoms with E-state index in [0.717, 1.165) is 22.3 Å². The lowest BCUT2D eigenvalue weighted by molar-refractivity contribution is -0.140. The fourth-order valence-corrected chi connectivity index (χ4v) is 4.96. The Hall–Kier alpha value is -2.87. The highest BCUT2D eigenvalue weighted by Gasteiger charge is 2.26. The Balaban J connectivity index is 2.18. The van der Waals surface area contributed by atoms with Gasteiger partial charge in [-0.1, -0.05) is 35.9 Å². The molecule has 2 aromatic rings. The molecule has 0 aliphatic heterocycles. The van der Waals surface area contributed by atoms with Crippen LogP contribution in [0.25, 0.3) is 0 Å². The number of amides is 2. The summed E-state index contributed by atoms with van der Waals surface area (Å²) in [6, 6.07) is 12.8. The number of nitrogens with zero attached hydrogens (tertiary/aromatic N) is 2. The van der Waals surface area contributed by atoms with Gasteiger partial charge in [0.05, 0.1) is 11.9 Å². The maximum Gasteiger partial charge on any atom is 0.242 e. The number of nitrogens with one attached hydrogen (secondary N) is 1. The number of rotatable bonds is 11. The summed E-state index contributed by atoms with van der Waals surface area (Å²) < 4.78 is 26.3. The van der Waals surface area contributed by atoms with Gasteiger partial charge in [-0.05, 0) is 69.9 Å². The summed E-state index contributed by atoms with van der Waals surface area (Å²) in [4.78, 5) is 27.3. The lowest BCUT2D eigenvalue weighted by atomic mass is 10.1. The number of hydrogen-bond acceptors (Lipinski definition) is 4. The molecule has 2 aromatic carbocycles. The fourth-order valence-electron chi connectivity index (χ4n) is 4.01. The summed E-state index contributed by atoms with van der Waals surface area (Å²) in [7, 11) is -3.52. The van der Waals surface area contributed by atoms with Crippen LogP contribution in [0.15, 0.2) is 42.5 Å². The van der Waals surface area contributed by atoms with Gasteiger partial charge in [0.25, 0.3) is 0 Å².